The summed E-state index contributed by atoms with van der Waals surface area (Å²) in [5.41, 5.74) is 1.99. The normalized spacial score (nSPS) is 18.4. The van der Waals surface area contributed by atoms with Gasteiger partial charge in [0.05, 0.1) is 22.9 Å². The fourth-order valence-corrected chi connectivity index (χ4v) is 3.86. The molecular weight excluding hydrogens is 284 g/mol. The number of carbonyl (C=O) groups excluding carboxylic acids is 1. The fourth-order valence-electron chi connectivity index (χ4n) is 2.90. The van der Waals surface area contributed by atoms with Gasteiger partial charge in [-0.15, -0.1) is 11.3 Å². The van der Waals surface area contributed by atoms with Crippen LogP contribution in [0.25, 0.3) is 0 Å². The molecule has 21 heavy (non-hydrogen) atoms. The first-order valence-corrected chi connectivity index (χ1v) is 8.17. The summed E-state index contributed by atoms with van der Waals surface area (Å²) in [5.74, 6) is 0.121. The lowest BCUT2D eigenvalue weighted by Crippen LogP contribution is -2.30. The molecule has 0 radical (unpaired) electrons. The molecule has 2 aromatic heterocycles. The Balaban J connectivity index is 1.87. The lowest BCUT2D eigenvalue weighted by atomic mass is 10.1. The van der Waals surface area contributed by atoms with Crippen LogP contribution >= 0.6 is 11.3 Å². The third kappa shape index (κ3) is 2.60. The first-order valence-electron chi connectivity index (χ1n) is 7.36. The number of hydrogen-bond acceptors (Lipinski definition) is 4. The van der Waals surface area contributed by atoms with E-state index in [-0.39, 0.29) is 11.9 Å². The van der Waals surface area contributed by atoms with Crippen LogP contribution in [0.3, 0.4) is 0 Å². The Hall–Kier alpha value is -1.69. The smallest absolute Gasteiger partial charge is 0.266 e. The maximum Gasteiger partial charge on any atom is 0.266 e. The quantitative estimate of drug-likeness (QED) is 0.876. The molecular formula is C15H20N4OS. The van der Waals surface area contributed by atoms with Gasteiger partial charge >= 0.3 is 0 Å². The second-order valence-corrected chi connectivity index (χ2v) is 6.56. The summed E-state index contributed by atoms with van der Waals surface area (Å²) in [7, 11) is 1.91. The topological polar surface area (TPSA) is 51.0 Å². The van der Waals surface area contributed by atoms with Crippen molar-refractivity contribution in [3.05, 3.63) is 33.5 Å². The maximum absolute atomic E-state index is 12.9. The molecule has 3 rings (SSSR count). The van der Waals surface area contributed by atoms with Crippen molar-refractivity contribution in [3.63, 3.8) is 0 Å². The van der Waals surface area contributed by atoms with Gasteiger partial charge in [-0.2, -0.15) is 5.10 Å². The van der Waals surface area contributed by atoms with Crippen LogP contribution in [0.4, 0.5) is 0 Å². The van der Waals surface area contributed by atoms with E-state index < -0.39 is 0 Å². The van der Waals surface area contributed by atoms with E-state index in [4.69, 9.17) is 0 Å². The van der Waals surface area contributed by atoms with Gasteiger partial charge in [0.25, 0.3) is 5.91 Å². The van der Waals surface area contributed by atoms with E-state index in [0.29, 0.717) is 0 Å². The average Bonchev–Trinajstić information content (AvgIpc) is 3.16. The zero-order chi connectivity index (χ0) is 15.0. The molecule has 0 N–H and O–H groups in total. The molecule has 0 unspecified atom stereocenters. The Kier molecular flexibility index (Phi) is 3.80. The molecule has 1 aliphatic rings. The van der Waals surface area contributed by atoms with Crippen molar-refractivity contribution in [1.29, 1.82) is 0 Å². The molecule has 0 spiro atoms. The molecule has 0 saturated carbocycles. The van der Waals surface area contributed by atoms with Gasteiger partial charge in [0.15, 0.2) is 0 Å². The highest BCUT2D eigenvalue weighted by atomic mass is 32.1. The Morgan fingerprint density at radius 1 is 1.52 bits per heavy atom. The van der Waals surface area contributed by atoms with Crippen molar-refractivity contribution >= 4 is 17.2 Å². The number of nitrogens with zero attached hydrogens (tertiary/aromatic N) is 4. The van der Waals surface area contributed by atoms with E-state index in [1.54, 1.807) is 4.68 Å². The second-order valence-electron chi connectivity index (χ2n) is 5.48. The zero-order valence-corrected chi connectivity index (χ0v) is 13.5. The number of hydrogen-bond donors (Lipinski definition) is 0. The Morgan fingerprint density at radius 2 is 2.33 bits per heavy atom. The third-order valence-electron chi connectivity index (χ3n) is 3.96. The number of likely N-dealkylation sites (tertiary alicyclic amines) is 1. The molecule has 1 fully saturated rings. The van der Waals surface area contributed by atoms with Crippen molar-refractivity contribution < 1.29 is 4.79 Å². The molecule has 1 aliphatic heterocycles. The van der Waals surface area contributed by atoms with Crippen molar-refractivity contribution in [2.75, 3.05) is 6.54 Å². The number of carbonyl (C=O) groups is 1. The SMILES string of the molecule is CCc1nc(C)c(C(=O)N2CCC[C@@H]2c2cnn(C)c2)s1. The minimum absolute atomic E-state index is 0.121. The predicted octanol–water partition coefficient (Wildman–Crippen LogP) is 2.72. The number of aromatic nitrogens is 3. The molecule has 1 atom stereocenters. The number of aryl methyl sites for hydroxylation is 3. The van der Waals surface area contributed by atoms with Gasteiger partial charge in [0, 0.05) is 25.4 Å². The van der Waals surface area contributed by atoms with E-state index in [2.05, 4.69) is 17.0 Å². The second kappa shape index (κ2) is 5.60. The van der Waals surface area contributed by atoms with E-state index in [1.165, 1.54) is 11.3 Å². The summed E-state index contributed by atoms with van der Waals surface area (Å²) in [4.78, 5) is 20.1. The summed E-state index contributed by atoms with van der Waals surface area (Å²) in [6.07, 6.45) is 6.81. The van der Waals surface area contributed by atoms with Gasteiger partial charge in [-0.25, -0.2) is 4.98 Å². The van der Waals surface area contributed by atoms with E-state index >= 15 is 0 Å². The zero-order valence-electron chi connectivity index (χ0n) is 12.7. The number of rotatable bonds is 3. The summed E-state index contributed by atoms with van der Waals surface area (Å²) >= 11 is 1.53. The molecule has 0 bridgehead atoms. The molecule has 1 saturated heterocycles. The molecule has 2 aromatic rings. The molecule has 0 aromatic carbocycles. The van der Waals surface area contributed by atoms with Crippen LogP contribution in [0, 0.1) is 6.92 Å². The molecule has 1 amide bonds. The third-order valence-corrected chi connectivity index (χ3v) is 5.25. The van der Waals surface area contributed by atoms with Crippen LogP contribution in [-0.4, -0.2) is 32.1 Å². The lowest BCUT2D eigenvalue weighted by Gasteiger charge is -2.23. The van der Waals surface area contributed by atoms with Crippen molar-refractivity contribution in [1.82, 2.24) is 19.7 Å². The monoisotopic (exact) mass is 304 g/mol. The highest BCUT2D eigenvalue weighted by molar-refractivity contribution is 7.13. The minimum atomic E-state index is 0.121. The van der Waals surface area contributed by atoms with Gasteiger partial charge < -0.3 is 4.90 Å². The highest BCUT2D eigenvalue weighted by Crippen LogP contribution is 2.34. The van der Waals surface area contributed by atoms with Crippen LogP contribution in [-0.2, 0) is 13.5 Å². The first kappa shape index (κ1) is 14.3. The Morgan fingerprint density at radius 3 is 2.95 bits per heavy atom. The van der Waals surface area contributed by atoms with Gasteiger partial charge in [-0.3, -0.25) is 9.48 Å². The molecule has 5 nitrogen and oxygen atoms in total. The minimum Gasteiger partial charge on any atom is -0.331 e. The summed E-state index contributed by atoms with van der Waals surface area (Å²) < 4.78 is 1.80. The van der Waals surface area contributed by atoms with E-state index in [0.717, 1.165) is 46.9 Å². The van der Waals surface area contributed by atoms with Gasteiger partial charge in [-0.1, -0.05) is 6.92 Å². The standard InChI is InChI=1S/C15H20N4OS/c1-4-13-17-10(2)14(21-13)15(20)19-7-5-6-12(19)11-8-16-18(3)9-11/h8-9,12H,4-7H2,1-3H3/t12-/m1/s1. The van der Waals surface area contributed by atoms with Crippen molar-refractivity contribution in [2.45, 2.75) is 39.2 Å². The van der Waals surface area contributed by atoms with Crippen LogP contribution in [0.1, 0.15) is 51.7 Å². The predicted molar refractivity (Wildman–Crippen MR) is 82.4 cm³/mol. The van der Waals surface area contributed by atoms with Crippen molar-refractivity contribution in [3.8, 4) is 0 Å². The number of thiazole rings is 1. The summed E-state index contributed by atoms with van der Waals surface area (Å²) in [6, 6.07) is 0.151. The molecule has 0 aliphatic carbocycles. The highest BCUT2D eigenvalue weighted by Gasteiger charge is 2.33. The fraction of sp³-hybridized carbons (Fsp3) is 0.533. The molecule has 3 heterocycles. The van der Waals surface area contributed by atoms with Gasteiger partial charge in [0.1, 0.15) is 4.88 Å². The molecule has 6 heteroatoms. The lowest BCUT2D eigenvalue weighted by molar-refractivity contribution is 0.0739. The van der Waals surface area contributed by atoms with E-state index in [9.17, 15) is 4.79 Å². The van der Waals surface area contributed by atoms with Crippen LogP contribution in [0.15, 0.2) is 12.4 Å². The van der Waals surface area contributed by atoms with Crippen LogP contribution in [0.5, 0.6) is 0 Å². The Labute approximate surface area is 128 Å². The first-order chi connectivity index (χ1) is 10.1. The van der Waals surface area contributed by atoms with Gasteiger partial charge in [-0.05, 0) is 26.2 Å². The number of amides is 1. The Bertz CT molecular complexity index is 660. The van der Waals surface area contributed by atoms with Crippen LogP contribution in [0.2, 0.25) is 0 Å². The average molecular weight is 304 g/mol. The summed E-state index contributed by atoms with van der Waals surface area (Å²) in [6.45, 7) is 4.82. The van der Waals surface area contributed by atoms with Crippen LogP contribution < -0.4 is 0 Å². The largest absolute Gasteiger partial charge is 0.331 e. The maximum atomic E-state index is 12.9. The molecule has 112 valence electrons. The van der Waals surface area contributed by atoms with E-state index in [1.807, 2.05) is 31.3 Å². The summed E-state index contributed by atoms with van der Waals surface area (Å²) in [5, 5.41) is 5.27. The van der Waals surface area contributed by atoms with Crippen molar-refractivity contribution in [2.24, 2.45) is 7.05 Å². The van der Waals surface area contributed by atoms with Gasteiger partial charge in [0.2, 0.25) is 0 Å².